The lowest BCUT2D eigenvalue weighted by Crippen LogP contribution is -2.29. The highest BCUT2D eigenvalue weighted by Gasteiger charge is 2.22. The standard InChI is InChI=1S/C16H17Cl2N3O3S2/c1-2-3-6-19-16(24)20-13-12(15(22)23)14(21-26-13)25-8-9-4-5-10(17)11(18)7-9/h4-5,7H,2-3,6,8H2,1H3,(H,22,23)(H2,19,20,24). The van der Waals surface area contributed by atoms with Gasteiger partial charge in [-0.15, -0.1) is 0 Å². The summed E-state index contributed by atoms with van der Waals surface area (Å²) in [4.78, 5) is 23.4. The first-order valence-electron chi connectivity index (χ1n) is 7.77. The second-order valence-corrected chi connectivity index (χ2v) is 7.82. The largest absolute Gasteiger partial charge is 0.477 e. The Balaban J connectivity index is 2.07. The van der Waals surface area contributed by atoms with Gasteiger partial charge in [0.1, 0.15) is 15.6 Å². The van der Waals surface area contributed by atoms with Gasteiger partial charge in [-0.05, 0) is 35.6 Å². The quantitative estimate of drug-likeness (QED) is 0.384. The van der Waals surface area contributed by atoms with Gasteiger partial charge in [0.25, 0.3) is 0 Å². The van der Waals surface area contributed by atoms with Crippen molar-refractivity contribution in [3.8, 4) is 0 Å². The average Bonchev–Trinajstić information content (AvgIpc) is 2.99. The molecule has 0 bridgehead atoms. The zero-order valence-corrected chi connectivity index (χ0v) is 17.0. The van der Waals surface area contributed by atoms with Crippen LogP contribution in [0.2, 0.25) is 10.0 Å². The number of urea groups is 1. The summed E-state index contributed by atoms with van der Waals surface area (Å²) in [6.07, 6.45) is 1.81. The zero-order valence-electron chi connectivity index (χ0n) is 13.8. The number of amides is 2. The minimum atomic E-state index is -1.14. The van der Waals surface area contributed by atoms with Crippen molar-refractivity contribution in [3.63, 3.8) is 0 Å². The number of benzene rings is 1. The van der Waals surface area contributed by atoms with Gasteiger partial charge in [-0.3, -0.25) is 5.32 Å². The zero-order chi connectivity index (χ0) is 19.1. The third kappa shape index (κ3) is 5.77. The van der Waals surface area contributed by atoms with Gasteiger partial charge in [-0.25, -0.2) is 9.59 Å². The molecule has 140 valence electrons. The molecular weight excluding hydrogens is 417 g/mol. The molecule has 2 rings (SSSR count). The van der Waals surface area contributed by atoms with Crippen LogP contribution in [0.5, 0.6) is 0 Å². The maximum absolute atomic E-state index is 11.8. The molecule has 2 aromatic rings. The van der Waals surface area contributed by atoms with Gasteiger partial charge in [-0.2, -0.15) is 4.37 Å². The van der Waals surface area contributed by atoms with Crippen LogP contribution in [0.3, 0.4) is 0 Å². The fourth-order valence-electron chi connectivity index (χ4n) is 1.96. The van der Waals surface area contributed by atoms with E-state index in [1.807, 2.05) is 13.0 Å². The molecule has 10 heteroatoms. The molecule has 0 aliphatic heterocycles. The molecule has 1 aromatic heterocycles. The number of nitrogens with one attached hydrogen (secondary N) is 2. The van der Waals surface area contributed by atoms with E-state index in [0.29, 0.717) is 27.4 Å². The number of nitrogens with zero attached hydrogens (tertiary/aromatic N) is 1. The Hall–Kier alpha value is -1.48. The molecular formula is C16H17Cl2N3O3S2. The van der Waals surface area contributed by atoms with Crippen LogP contribution in [0.1, 0.15) is 35.7 Å². The van der Waals surface area contributed by atoms with Gasteiger partial charge in [0.05, 0.1) is 10.0 Å². The Labute approximate surface area is 169 Å². The number of carboxylic acids is 1. The minimum absolute atomic E-state index is 0.00861. The monoisotopic (exact) mass is 433 g/mol. The van der Waals surface area contributed by atoms with Crippen LogP contribution in [0.25, 0.3) is 0 Å². The van der Waals surface area contributed by atoms with E-state index in [2.05, 4.69) is 15.0 Å². The molecule has 2 amide bonds. The summed E-state index contributed by atoms with van der Waals surface area (Å²) < 4.78 is 4.16. The van der Waals surface area contributed by atoms with Crippen molar-refractivity contribution in [2.24, 2.45) is 0 Å². The first-order valence-corrected chi connectivity index (χ1v) is 10.3. The van der Waals surface area contributed by atoms with Crippen LogP contribution in [0.4, 0.5) is 9.80 Å². The Morgan fingerprint density at radius 1 is 1.31 bits per heavy atom. The lowest BCUT2D eigenvalue weighted by molar-refractivity contribution is 0.0694. The van der Waals surface area contributed by atoms with Crippen LogP contribution >= 0.6 is 46.5 Å². The fraction of sp³-hybridized carbons (Fsp3) is 0.312. The Morgan fingerprint density at radius 2 is 2.08 bits per heavy atom. The van der Waals surface area contributed by atoms with Crippen molar-refractivity contribution >= 4 is 63.5 Å². The molecule has 0 aliphatic carbocycles. The predicted octanol–water partition coefficient (Wildman–Crippen LogP) is 5.36. The van der Waals surface area contributed by atoms with Crippen molar-refractivity contribution in [2.75, 3.05) is 11.9 Å². The van der Waals surface area contributed by atoms with E-state index >= 15 is 0 Å². The molecule has 0 spiro atoms. The van der Waals surface area contributed by atoms with Gasteiger partial charge in [0.2, 0.25) is 0 Å². The Kier molecular flexibility index (Phi) is 8.02. The predicted molar refractivity (Wildman–Crippen MR) is 107 cm³/mol. The smallest absolute Gasteiger partial charge is 0.341 e. The van der Waals surface area contributed by atoms with Crippen LogP contribution < -0.4 is 10.6 Å². The first-order chi connectivity index (χ1) is 12.4. The number of carbonyl (C=O) groups excluding carboxylic acids is 1. The number of thioether (sulfide) groups is 1. The van der Waals surface area contributed by atoms with Crippen molar-refractivity contribution < 1.29 is 14.7 Å². The molecule has 0 saturated heterocycles. The normalized spacial score (nSPS) is 10.6. The number of aromatic carboxylic acids is 1. The summed E-state index contributed by atoms with van der Waals surface area (Å²) in [6, 6.07) is 4.79. The molecule has 1 aromatic carbocycles. The maximum Gasteiger partial charge on any atom is 0.341 e. The fourth-order valence-corrected chi connectivity index (χ4v) is 4.16. The number of rotatable bonds is 8. The topological polar surface area (TPSA) is 91.3 Å². The van der Waals surface area contributed by atoms with Crippen molar-refractivity contribution in [1.82, 2.24) is 9.69 Å². The summed E-state index contributed by atoms with van der Waals surface area (Å²) in [5.74, 6) is -0.664. The number of carbonyl (C=O) groups is 2. The second-order valence-electron chi connectivity index (χ2n) is 5.27. The molecule has 1 heterocycles. The Bertz CT molecular complexity index is 799. The van der Waals surface area contributed by atoms with E-state index in [4.69, 9.17) is 23.2 Å². The van der Waals surface area contributed by atoms with Crippen molar-refractivity contribution in [2.45, 2.75) is 30.5 Å². The van der Waals surface area contributed by atoms with E-state index in [0.717, 1.165) is 29.9 Å². The van der Waals surface area contributed by atoms with Crippen LogP contribution in [0, 0.1) is 0 Å². The SMILES string of the molecule is CCCCNC(=O)Nc1snc(SCc2ccc(Cl)c(Cl)c2)c1C(=O)O. The highest BCUT2D eigenvalue weighted by atomic mass is 35.5. The van der Waals surface area contributed by atoms with E-state index < -0.39 is 12.0 Å². The van der Waals surface area contributed by atoms with Crippen molar-refractivity contribution in [1.29, 1.82) is 0 Å². The van der Waals surface area contributed by atoms with Crippen LogP contribution in [0.15, 0.2) is 23.2 Å². The lowest BCUT2D eigenvalue weighted by atomic mass is 10.2. The summed E-state index contributed by atoms with van der Waals surface area (Å²) in [5, 5.41) is 16.2. The highest BCUT2D eigenvalue weighted by Crippen LogP contribution is 2.34. The third-order valence-corrected chi connectivity index (χ3v) is 5.94. The van der Waals surface area contributed by atoms with Crippen LogP contribution in [-0.4, -0.2) is 28.0 Å². The van der Waals surface area contributed by atoms with E-state index in [1.54, 1.807) is 12.1 Å². The van der Waals surface area contributed by atoms with Gasteiger partial charge >= 0.3 is 12.0 Å². The highest BCUT2D eigenvalue weighted by molar-refractivity contribution is 7.98. The van der Waals surface area contributed by atoms with Gasteiger partial charge in [-0.1, -0.05) is 54.4 Å². The molecule has 0 fully saturated rings. The lowest BCUT2D eigenvalue weighted by Gasteiger charge is -2.06. The molecule has 0 atom stereocenters. The van der Waals surface area contributed by atoms with E-state index in [1.165, 1.54) is 11.8 Å². The number of unbranched alkanes of at least 4 members (excludes halogenated alkanes) is 1. The molecule has 0 aliphatic rings. The second kappa shape index (κ2) is 10.0. The number of anilines is 1. The molecule has 0 radical (unpaired) electrons. The number of aromatic nitrogens is 1. The number of halogens is 2. The molecule has 6 nitrogen and oxygen atoms in total. The van der Waals surface area contributed by atoms with Crippen LogP contribution in [-0.2, 0) is 5.75 Å². The van der Waals surface area contributed by atoms with Gasteiger partial charge in [0.15, 0.2) is 0 Å². The number of hydrogen-bond donors (Lipinski definition) is 3. The summed E-state index contributed by atoms with van der Waals surface area (Å²) in [6.45, 7) is 2.55. The summed E-state index contributed by atoms with van der Waals surface area (Å²) >= 11 is 14.1. The minimum Gasteiger partial charge on any atom is -0.477 e. The van der Waals surface area contributed by atoms with E-state index in [9.17, 15) is 14.7 Å². The summed E-state index contributed by atoms with van der Waals surface area (Å²) in [7, 11) is 0. The maximum atomic E-state index is 11.8. The number of hydrogen-bond acceptors (Lipinski definition) is 5. The van der Waals surface area contributed by atoms with Gasteiger partial charge < -0.3 is 10.4 Å². The molecule has 0 saturated carbocycles. The third-order valence-electron chi connectivity index (χ3n) is 3.28. The molecule has 0 unspecified atom stereocenters. The molecule has 3 N–H and O–H groups in total. The van der Waals surface area contributed by atoms with E-state index in [-0.39, 0.29) is 10.6 Å². The first kappa shape index (κ1) is 20.8. The average molecular weight is 434 g/mol. The van der Waals surface area contributed by atoms with Crippen molar-refractivity contribution in [3.05, 3.63) is 39.4 Å². The Morgan fingerprint density at radius 3 is 2.73 bits per heavy atom. The number of carboxylic acid groups (broad SMARTS) is 1. The molecule has 26 heavy (non-hydrogen) atoms. The van der Waals surface area contributed by atoms with Gasteiger partial charge in [0, 0.05) is 12.3 Å². The summed E-state index contributed by atoms with van der Waals surface area (Å²) in [5.41, 5.74) is 0.881.